The van der Waals surface area contributed by atoms with Gasteiger partial charge in [0.15, 0.2) is 0 Å². The van der Waals surface area contributed by atoms with Crippen molar-refractivity contribution in [2.24, 2.45) is 0 Å². The molecule has 0 atom stereocenters. The molecule has 3 rings (SSSR count). The number of anilines is 4. The first-order valence-electron chi connectivity index (χ1n) is 8.82. The zero-order valence-corrected chi connectivity index (χ0v) is 16.0. The highest BCUT2D eigenvalue weighted by molar-refractivity contribution is 5.66. The summed E-state index contributed by atoms with van der Waals surface area (Å²) in [6.45, 7) is 4.07. The van der Waals surface area contributed by atoms with Gasteiger partial charge in [-0.1, -0.05) is 19.1 Å². The number of methoxy groups -OCH3 is 2. The predicted octanol–water partition coefficient (Wildman–Crippen LogP) is 4.85. The lowest BCUT2D eigenvalue weighted by Crippen LogP contribution is -2.03. The van der Waals surface area contributed by atoms with E-state index in [0.29, 0.717) is 11.7 Å². The average Bonchev–Trinajstić information content (AvgIpc) is 2.68. The molecule has 0 bridgehead atoms. The van der Waals surface area contributed by atoms with Crippen LogP contribution in [0.1, 0.15) is 18.2 Å². The number of hydrogen-bond donors (Lipinski definition) is 2. The van der Waals surface area contributed by atoms with Crippen molar-refractivity contribution in [1.82, 2.24) is 9.97 Å². The Morgan fingerprint density at radius 3 is 2.33 bits per heavy atom. The molecule has 0 aliphatic carbocycles. The Bertz CT molecular complexity index is 911. The molecular weight excluding hydrogens is 340 g/mol. The van der Waals surface area contributed by atoms with Crippen LogP contribution in [-0.4, -0.2) is 24.2 Å². The van der Waals surface area contributed by atoms with Gasteiger partial charge in [0, 0.05) is 23.5 Å². The first kappa shape index (κ1) is 18.5. The van der Waals surface area contributed by atoms with Crippen LogP contribution in [0.2, 0.25) is 0 Å². The van der Waals surface area contributed by atoms with Crippen LogP contribution in [0.3, 0.4) is 0 Å². The second-order valence-electron chi connectivity index (χ2n) is 6.08. The van der Waals surface area contributed by atoms with Crippen LogP contribution in [0.25, 0.3) is 0 Å². The van der Waals surface area contributed by atoms with Gasteiger partial charge >= 0.3 is 0 Å². The maximum Gasteiger partial charge on any atom is 0.229 e. The Hall–Kier alpha value is -3.28. The Balaban J connectivity index is 1.85. The molecule has 0 radical (unpaired) electrons. The van der Waals surface area contributed by atoms with E-state index < -0.39 is 0 Å². The van der Waals surface area contributed by atoms with Crippen molar-refractivity contribution >= 4 is 23.1 Å². The van der Waals surface area contributed by atoms with E-state index in [1.807, 2.05) is 31.2 Å². The lowest BCUT2D eigenvalue weighted by atomic mass is 10.1. The van der Waals surface area contributed by atoms with Crippen molar-refractivity contribution in [3.05, 3.63) is 59.8 Å². The van der Waals surface area contributed by atoms with Gasteiger partial charge in [0.25, 0.3) is 0 Å². The number of nitrogens with zero attached hydrogens (tertiary/aromatic N) is 2. The molecule has 0 amide bonds. The van der Waals surface area contributed by atoms with E-state index in [2.05, 4.69) is 51.8 Å². The Morgan fingerprint density at radius 2 is 1.67 bits per heavy atom. The van der Waals surface area contributed by atoms with Crippen molar-refractivity contribution in [3.63, 3.8) is 0 Å². The summed E-state index contributed by atoms with van der Waals surface area (Å²) in [4.78, 5) is 9.04. The highest BCUT2D eigenvalue weighted by Gasteiger charge is 2.09. The van der Waals surface area contributed by atoms with Gasteiger partial charge in [0.2, 0.25) is 5.95 Å². The molecule has 140 valence electrons. The molecule has 3 aromatic rings. The van der Waals surface area contributed by atoms with E-state index in [0.717, 1.165) is 35.1 Å². The molecule has 0 saturated carbocycles. The third kappa shape index (κ3) is 4.67. The molecule has 0 unspecified atom stereocenters. The van der Waals surface area contributed by atoms with Gasteiger partial charge in [-0.3, -0.25) is 0 Å². The number of hydrogen-bond acceptors (Lipinski definition) is 6. The quantitative estimate of drug-likeness (QED) is 0.624. The third-order valence-corrected chi connectivity index (χ3v) is 4.14. The standard InChI is InChI=1S/C21H24N4O2/c1-5-15-6-8-16(9-7-15)23-20-12-14(2)22-21(25-20)24-18-13-17(26-3)10-11-19(18)27-4/h6-13H,5H2,1-4H3,(H2,22,23,24,25). The van der Waals surface area contributed by atoms with E-state index in [4.69, 9.17) is 9.47 Å². The molecule has 1 aromatic heterocycles. The number of aromatic nitrogens is 2. The molecule has 1 heterocycles. The van der Waals surface area contributed by atoms with Gasteiger partial charge in [-0.2, -0.15) is 4.98 Å². The predicted molar refractivity (Wildman–Crippen MR) is 109 cm³/mol. The molecule has 2 N–H and O–H groups in total. The monoisotopic (exact) mass is 364 g/mol. The van der Waals surface area contributed by atoms with Crippen molar-refractivity contribution < 1.29 is 9.47 Å². The summed E-state index contributed by atoms with van der Waals surface area (Å²) < 4.78 is 10.7. The van der Waals surface area contributed by atoms with Crippen molar-refractivity contribution in [2.45, 2.75) is 20.3 Å². The van der Waals surface area contributed by atoms with Crippen LogP contribution in [0.4, 0.5) is 23.1 Å². The van der Waals surface area contributed by atoms with Crippen molar-refractivity contribution in [3.8, 4) is 11.5 Å². The second-order valence-corrected chi connectivity index (χ2v) is 6.08. The van der Waals surface area contributed by atoms with Gasteiger partial charge in [-0.05, 0) is 43.2 Å². The maximum absolute atomic E-state index is 5.41. The normalized spacial score (nSPS) is 10.4. The van der Waals surface area contributed by atoms with E-state index >= 15 is 0 Å². The summed E-state index contributed by atoms with van der Waals surface area (Å²) in [5.74, 6) is 2.61. The number of aryl methyl sites for hydroxylation is 2. The largest absolute Gasteiger partial charge is 0.497 e. The van der Waals surface area contributed by atoms with E-state index in [-0.39, 0.29) is 0 Å². The number of benzene rings is 2. The molecular formula is C21H24N4O2. The molecule has 0 fully saturated rings. The van der Waals surface area contributed by atoms with Gasteiger partial charge in [-0.15, -0.1) is 0 Å². The minimum Gasteiger partial charge on any atom is -0.497 e. The average molecular weight is 364 g/mol. The molecule has 27 heavy (non-hydrogen) atoms. The minimum absolute atomic E-state index is 0.481. The fourth-order valence-electron chi connectivity index (χ4n) is 2.69. The first-order valence-corrected chi connectivity index (χ1v) is 8.82. The fourth-order valence-corrected chi connectivity index (χ4v) is 2.69. The van der Waals surface area contributed by atoms with Crippen LogP contribution in [0.15, 0.2) is 48.5 Å². The molecule has 0 saturated heterocycles. The number of ether oxygens (including phenoxy) is 2. The van der Waals surface area contributed by atoms with Crippen molar-refractivity contribution in [2.75, 3.05) is 24.9 Å². The summed E-state index contributed by atoms with van der Waals surface area (Å²) >= 11 is 0. The Kier molecular flexibility index (Phi) is 5.76. The third-order valence-electron chi connectivity index (χ3n) is 4.14. The highest BCUT2D eigenvalue weighted by Crippen LogP contribution is 2.31. The molecule has 0 spiro atoms. The van der Waals surface area contributed by atoms with Crippen LogP contribution in [0, 0.1) is 6.92 Å². The summed E-state index contributed by atoms with van der Waals surface area (Å²) in [5.41, 5.74) is 3.87. The number of nitrogens with one attached hydrogen (secondary N) is 2. The van der Waals surface area contributed by atoms with E-state index in [1.54, 1.807) is 14.2 Å². The van der Waals surface area contributed by atoms with E-state index in [1.165, 1.54) is 5.56 Å². The van der Waals surface area contributed by atoms with Crippen LogP contribution >= 0.6 is 0 Å². The lowest BCUT2D eigenvalue weighted by molar-refractivity contribution is 0.405. The van der Waals surface area contributed by atoms with E-state index in [9.17, 15) is 0 Å². The Morgan fingerprint density at radius 1 is 0.889 bits per heavy atom. The second kappa shape index (κ2) is 8.40. The summed E-state index contributed by atoms with van der Waals surface area (Å²) in [6, 6.07) is 15.7. The smallest absolute Gasteiger partial charge is 0.229 e. The zero-order valence-electron chi connectivity index (χ0n) is 16.0. The lowest BCUT2D eigenvalue weighted by Gasteiger charge is -2.13. The van der Waals surface area contributed by atoms with Crippen LogP contribution < -0.4 is 20.1 Å². The van der Waals surface area contributed by atoms with Crippen LogP contribution in [-0.2, 0) is 6.42 Å². The van der Waals surface area contributed by atoms with Gasteiger partial charge < -0.3 is 20.1 Å². The van der Waals surface area contributed by atoms with Crippen molar-refractivity contribution in [1.29, 1.82) is 0 Å². The highest BCUT2D eigenvalue weighted by atomic mass is 16.5. The Labute approximate surface area is 159 Å². The summed E-state index contributed by atoms with van der Waals surface area (Å²) in [6.07, 6.45) is 1.02. The summed E-state index contributed by atoms with van der Waals surface area (Å²) in [7, 11) is 3.25. The minimum atomic E-state index is 0.481. The molecule has 6 nitrogen and oxygen atoms in total. The van der Waals surface area contributed by atoms with Gasteiger partial charge in [0.05, 0.1) is 19.9 Å². The zero-order chi connectivity index (χ0) is 19.2. The topological polar surface area (TPSA) is 68.3 Å². The maximum atomic E-state index is 5.41. The SMILES string of the molecule is CCc1ccc(Nc2cc(C)nc(Nc3cc(OC)ccc3OC)n2)cc1. The number of rotatable bonds is 7. The van der Waals surface area contributed by atoms with Gasteiger partial charge in [-0.25, -0.2) is 4.98 Å². The van der Waals surface area contributed by atoms with Crippen LogP contribution in [0.5, 0.6) is 11.5 Å². The first-order chi connectivity index (χ1) is 13.1. The summed E-state index contributed by atoms with van der Waals surface area (Å²) in [5, 5.41) is 6.54. The molecule has 2 aromatic carbocycles. The molecule has 0 aliphatic rings. The van der Waals surface area contributed by atoms with Gasteiger partial charge in [0.1, 0.15) is 17.3 Å². The fraction of sp³-hybridized carbons (Fsp3) is 0.238. The molecule has 6 heteroatoms. The molecule has 0 aliphatic heterocycles.